The number of Topliss-reactive ketones (excluding diaryl/α,β-unsaturated/α-hetero) is 1. The summed E-state index contributed by atoms with van der Waals surface area (Å²) in [4.78, 5) is 84.8. The molecule has 4 aromatic rings. The molecular formula is C60H82O15. The maximum Gasteiger partial charge on any atom is 0.311 e. The smallest absolute Gasteiger partial charge is 0.311 e. The second-order valence-corrected chi connectivity index (χ2v) is 19.6. The quantitative estimate of drug-likeness (QED) is 0.0289. The molecule has 412 valence electrons. The number of hydrogen-bond acceptors (Lipinski definition) is 15. The van der Waals surface area contributed by atoms with Crippen molar-refractivity contribution in [1.82, 2.24) is 0 Å². The second kappa shape index (κ2) is 31.6. The van der Waals surface area contributed by atoms with Crippen molar-refractivity contribution in [1.29, 1.82) is 0 Å². The van der Waals surface area contributed by atoms with E-state index in [9.17, 15) is 43.8 Å². The number of carbonyl (C=O) groups is 7. The van der Waals surface area contributed by atoms with E-state index >= 15 is 0 Å². The number of benzene rings is 4. The summed E-state index contributed by atoms with van der Waals surface area (Å²) in [5, 5.41) is 20.5. The molecule has 2 N–H and O–H groups in total. The maximum absolute atomic E-state index is 12.7. The molecule has 3 atom stereocenters. The lowest BCUT2D eigenvalue weighted by Crippen LogP contribution is -2.38. The summed E-state index contributed by atoms with van der Waals surface area (Å²) in [6.07, 6.45) is 2.57. The van der Waals surface area contributed by atoms with Crippen LogP contribution in [-0.4, -0.2) is 92.1 Å². The number of rotatable bonds is 24. The molecule has 3 unspecified atom stereocenters. The maximum atomic E-state index is 12.7. The minimum absolute atomic E-state index is 0.00145. The number of aromatic hydroxyl groups is 2. The number of hydrogen-bond donors (Lipinski definition) is 2. The van der Waals surface area contributed by atoms with Gasteiger partial charge in [0.15, 0.2) is 11.6 Å². The fourth-order valence-corrected chi connectivity index (χ4v) is 7.62. The first-order chi connectivity index (χ1) is 35.3. The number of esters is 4. The molecule has 0 bridgehead atoms. The molecule has 0 aliphatic rings. The van der Waals surface area contributed by atoms with Gasteiger partial charge >= 0.3 is 23.9 Å². The van der Waals surface area contributed by atoms with Crippen LogP contribution < -0.4 is 9.47 Å². The zero-order chi connectivity index (χ0) is 57.2. The van der Waals surface area contributed by atoms with Crippen molar-refractivity contribution in [2.75, 3.05) is 40.6 Å². The van der Waals surface area contributed by atoms with Gasteiger partial charge in [0.1, 0.15) is 55.2 Å². The van der Waals surface area contributed by atoms with Crippen molar-refractivity contribution in [2.24, 2.45) is 27.6 Å². The van der Waals surface area contributed by atoms with Crippen LogP contribution in [0.2, 0.25) is 0 Å². The average Bonchev–Trinajstić information content (AvgIpc) is 3.40. The van der Waals surface area contributed by atoms with Gasteiger partial charge in [-0.05, 0) is 105 Å². The SMILES string of the molecule is CC.CCC(C)(CC(C)(C)C(=O)OC)C(=O)OCCOc1ccc(C(=O)c2ccccc2)c(O)c1.CCC(C)(CC(C)(C)C(=O)OCCOc1ccc(C(=O)c2ccccc2)c(O)c1)C(=O)OC.CCC(C)C(C)=O. The summed E-state index contributed by atoms with van der Waals surface area (Å²) in [6, 6.07) is 26.2. The molecule has 0 aliphatic heterocycles. The van der Waals surface area contributed by atoms with Gasteiger partial charge < -0.3 is 38.6 Å². The topological polar surface area (TPSA) is 215 Å². The molecule has 75 heavy (non-hydrogen) atoms. The molecule has 4 aromatic carbocycles. The first-order valence-electron chi connectivity index (χ1n) is 25.4. The van der Waals surface area contributed by atoms with E-state index in [0.29, 0.717) is 41.3 Å². The van der Waals surface area contributed by atoms with Gasteiger partial charge in [0, 0.05) is 29.2 Å². The van der Waals surface area contributed by atoms with Gasteiger partial charge in [-0.3, -0.25) is 33.6 Å². The molecule has 0 spiro atoms. The summed E-state index contributed by atoms with van der Waals surface area (Å²) >= 11 is 0. The van der Waals surface area contributed by atoms with Crippen LogP contribution in [0.3, 0.4) is 0 Å². The second-order valence-electron chi connectivity index (χ2n) is 19.6. The molecule has 0 amide bonds. The van der Waals surface area contributed by atoms with E-state index in [1.807, 2.05) is 53.7 Å². The third-order valence-electron chi connectivity index (χ3n) is 12.7. The van der Waals surface area contributed by atoms with Crippen molar-refractivity contribution < 1.29 is 72.2 Å². The first-order valence-corrected chi connectivity index (χ1v) is 25.4. The van der Waals surface area contributed by atoms with E-state index in [1.165, 1.54) is 38.5 Å². The van der Waals surface area contributed by atoms with Gasteiger partial charge in [-0.25, -0.2) is 0 Å². The van der Waals surface area contributed by atoms with Crippen molar-refractivity contribution in [3.8, 4) is 23.0 Å². The van der Waals surface area contributed by atoms with Gasteiger partial charge in [0.25, 0.3) is 0 Å². The minimum Gasteiger partial charge on any atom is -0.507 e. The lowest BCUT2D eigenvalue weighted by molar-refractivity contribution is -0.163. The van der Waals surface area contributed by atoms with Gasteiger partial charge in [-0.15, -0.1) is 0 Å². The van der Waals surface area contributed by atoms with Gasteiger partial charge in [-0.2, -0.15) is 0 Å². The Hall–Kier alpha value is -7.03. The highest BCUT2D eigenvalue weighted by Gasteiger charge is 2.44. The van der Waals surface area contributed by atoms with Gasteiger partial charge in [0.05, 0.1) is 47.0 Å². The van der Waals surface area contributed by atoms with Crippen molar-refractivity contribution in [3.63, 3.8) is 0 Å². The van der Waals surface area contributed by atoms with Crippen molar-refractivity contribution in [3.05, 3.63) is 119 Å². The highest BCUT2D eigenvalue weighted by atomic mass is 16.6. The van der Waals surface area contributed by atoms with Gasteiger partial charge in [-0.1, -0.05) is 102 Å². The predicted octanol–water partition coefficient (Wildman–Crippen LogP) is 11.7. The summed E-state index contributed by atoms with van der Waals surface area (Å²) in [6.45, 7) is 23.9. The van der Waals surface area contributed by atoms with E-state index in [-0.39, 0.29) is 91.3 Å². The van der Waals surface area contributed by atoms with Crippen LogP contribution in [0.4, 0.5) is 0 Å². The van der Waals surface area contributed by atoms with E-state index < -0.39 is 33.6 Å². The fourth-order valence-electron chi connectivity index (χ4n) is 7.62. The molecule has 15 nitrogen and oxygen atoms in total. The van der Waals surface area contributed by atoms with E-state index in [4.69, 9.17) is 28.4 Å². The zero-order valence-electron chi connectivity index (χ0n) is 46.9. The van der Waals surface area contributed by atoms with E-state index in [2.05, 4.69) is 0 Å². The number of methoxy groups -OCH3 is 2. The van der Waals surface area contributed by atoms with E-state index in [1.54, 1.807) is 109 Å². The Kier molecular flexibility index (Phi) is 27.8. The molecule has 4 rings (SSSR count). The molecule has 0 saturated carbocycles. The third kappa shape index (κ3) is 20.7. The van der Waals surface area contributed by atoms with Crippen LogP contribution in [-0.2, 0) is 42.9 Å². The summed E-state index contributed by atoms with van der Waals surface area (Å²) in [5.41, 5.74) is -2.06. The minimum atomic E-state index is -0.892. The lowest BCUT2D eigenvalue weighted by atomic mass is 9.72. The number of phenols is 2. The van der Waals surface area contributed by atoms with Crippen LogP contribution >= 0.6 is 0 Å². The number of ketones is 3. The van der Waals surface area contributed by atoms with Crippen LogP contribution in [0.15, 0.2) is 97.1 Å². The van der Waals surface area contributed by atoms with Crippen LogP contribution in [0, 0.1) is 27.6 Å². The Labute approximate surface area is 444 Å². The van der Waals surface area contributed by atoms with E-state index in [0.717, 1.165) is 6.42 Å². The Balaban J connectivity index is 0.000000645. The molecular weight excluding hydrogens is 961 g/mol. The number of carbonyl (C=O) groups excluding carboxylic acids is 7. The Morgan fingerprint density at radius 1 is 0.507 bits per heavy atom. The van der Waals surface area contributed by atoms with Crippen LogP contribution in [0.1, 0.15) is 154 Å². The highest BCUT2D eigenvalue weighted by Crippen LogP contribution is 2.40. The lowest BCUT2D eigenvalue weighted by Gasteiger charge is -2.33. The molecule has 0 heterocycles. The fraction of sp³-hybridized carbons (Fsp3) is 0.483. The molecule has 0 saturated heterocycles. The largest absolute Gasteiger partial charge is 0.507 e. The van der Waals surface area contributed by atoms with Crippen molar-refractivity contribution >= 4 is 41.2 Å². The number of ether oxygens (including phenoxy) is 6. The van der Waals surface area contributed by atoms with Crippen molar-refractivity contribution in [2.45, 2.75) is 122 Å². The molecule has 0 aromatic heterocycles. The van der Waals surface area contributed by atoms with Crippen LogP contribution in [0.25, 0.3) is 0 Å². The average molecular weight is 1040 g/mol. The Morgan fingerprint density at radius 3 is 1.19 bits per heavy atom. The highest BCUT2D eigenvalue weighted by molar-refractivity contribution is 6.11. The predicted molar refractivity (Wildman–Crippen MR) is 288 cm³/mol. The van der Waals surface area contributed by atoms with Gasteiger partial charge in [0.2, 0.25) is 0 Å². The molecule has 0 aliphatic carbocycles. The summed E-state index contributed by atoms with van der Waals surface area (Å²) in [7, 11) is 2.66. The summed E-state index contributed by atoms with van der Waals surface area (Å²) in [5.74, 6) is -1.32. The monoisotopic (exact) mass is 1040 g/mol. The number of phenolic OH excluding ortho intramolecular Hbond substituents is 2. The molecule has 15 heteroatoms. The van der Waals surface area contributed by atoms with Crippen LogP contribution in [0.5, 0.6) is 23.0 Å². The summed E-state index contributed by atoms with van der Waals surface area (Å²) < 4.78 is 31.6. The Bertz CT molecular complexity index is 2460. The molecule has 0 fully saturated rings. The Morgan fingerprint density at radius 2 is 0.867 bits per heavy atom. The normalized spacial score (nSPS) is 12.8. The zero-order valence-corrected chi connectivity index (χ0v) is 46.9. The third-order valence-corrected chi connectivity index (χ3v) is 12.7. The standard InChI is InChI=1S/2C26H32O7.C6H12O.C2H6/c1-6-26(4,24(30)31-5)17-25(2,3)23(29)33-15-14-32-19-12-13-20(21(27)16-19)22(28)18-10-8-7-9-11-18;1-6-26(4,17-25(2,3)23(29)31-5)24(30)33-15-14-32-19-12-13-20(21(27)16-19)22(28)18-10-8-7-9-11-18;1-4-5(2)6(3)7;1-2/h2*7-13,16,27H,6,14-15,17H2,1-5H3;5H,4H2,1-3H3;1-2H3. The first kappa shape index (κ1) is 66.0. The molecule has 0 radical (unpaired) electrons.